The van der Waals surface area contributed by atoms with Crippen LogP contribution < -0.4 is 5.73 Å². The van der Waals surface area contributed by atoms with Crippen LogP contribution in [-0.2, 0) is 17.8 Å². The minimum atomic E-state index is 0.371. The Bertz CT molecular complexity index is 526. The maximum absolute atomic E-state index is 5.81. The monoisotopic (exact) mass is 244 g/mol. The van der Waals surface area contributed by atoms with Gasteiger partial charge in [0.25, 0.3) is 0 Å². The standard InChI is InChI=1S/C15H20N2O/c16-10-12-4-5-13-6-7-17(15(13)9-12)11-14-3-1-2-8-18-14/h4-7,9,14H,1-3,8,10-11,16H2. The first-order chi connectivity index (χ1) is 8.86. The van der Waals surface area contributed by atoms with Crippen molar-refractivity contribution in [2.24, 2.45) is 5.73 Å². The molecule has 0 bridgehead atoms. The second kappa shape index (κ2) is 5.12. The van der Waals surface area contributed by atoms with Crippen molar-refractivity contribution in [3.63, 3.8) is 0 Å². The van der Waals surface area contributed by atoms with Gasteiger partial charge in [-0.05, 0) is 42.3 Å². The van der Waals surface area contributed by atoms with Gasteiger partial charge in [-0.25, -0.2) is 0 Å². The molecule has 1 aromatic carbocycles. The predicted molar refractivity (Wildman–Crippen MR) is 73.4 cm³/mol. The number of hydrogen-bond donors (Lipinski definition) is 1. The number of fused-ring (bicyclic) bond motifs is 1. The molecule has 2 aromatic rings. The molecular formula is C15H20N2O. The zero-order valence-corrected chi connectivity index (χ0v) is 10.6. The summed E-state index contributed by atoms with van der Waals surface area (Å²) in [5, 5.41) is 1.28. The fourth-order valence-electron chi connectivity index (χ4n) is 2.69. The van der Waals surface area contributed by atoms with Gasteiger partial charge in [-0.3, -0.25) is 0 Å². The second-order valence-electron chi connectivity index (χ2n) is 5.05. The molecule has 0 spiro atoms. The van der Waals surface area contributed by atoms with Gasteiger partial charge in [0, 0.05) is 31.4 Å². The van der Waals surface area contributed by atoms with Gasteiger partial charge in [0.2, 0.25) is 0 Å². The lowest BCUT2D eigenvalue weighted by atomic mass is 10.1. The minimum Gasteiger partial charge on any atom is -0.376 e. The van der Waals surface area contributed by atoms with E-state index in [0.717, 1.165) is 13.2 Å². The van der Waals surface area contributed by atoms with Crippen molar-refractivity contribution in [3.8, 4) is 0 Å². The number of aromatic nitrogens is 1. The Labute approximate surface area is 108 Å². The number of rotatable bonds is 3. The van der Waals surface area contributed by atoms with Crippen LogP contribution in [-0.4, -0.2) is 17.3 Å². The van der Waals surface area contributed by atoms with E-state index in [0.29, 0.717) is 12.6 Å². The van der Waals surface area contributed by atoms with Crippen LogP contribution >= 0.6 is 0 Å². The average molecular weight is 244 g/mol. The van der Waals surface area contributed by atoms with Gasteiger partial charge in [0.15, 0.2) is 0 Å². The van der Waals surface area contributed by atoms with Crippen molar-refractivity contribution in [3.05, 3.63) is 36.0 Å². The van der Waals surface area contributed by atoms with Gasteiger partial charge >= 0.3 is 0 Å². The summed E-state index contributed by atoms with van der Waals surface area (Å²) in [6.45, 7) is 2.47. The lowest BCUT2D eigenvalue weighted by Gasteiger charge is -2.23. The molecule has 1 unspecified atom stereocenters. The van der Waals surface area contributed by atoms with Crippen LogP contribution in [0.25, 0.3) is 10.9 Å². The molecule has 18 heavy (non-hydrogen) atoms. The highest BCUT2D eigenvalue weighted by molar-refractivity contribution is 5.80. The molecule has 0 amide bonds. The van der Waals surface area contributed by atoms with Gasteiger partial charge in [0.1, 0.15) is 0 Å². The lowest BCUT2D eigenvalue weighted by Crippen LogP contribution is -2.24. The molecule has 1 aromatic heterocycles. The molecule has 3 rings (SSSR count). The molecule has 2 N–H and O–H groups in total. The second-order valence-corrected chi connectivity index (χ2v) is 5.05. The Hall–Kier alpha value is -1.32. The average Bonchev–Trinajstić information content (AvgIpc) is 2.82. The van der Waals surface area contributed by atoms with E-state index in [1.54, 1.807) is 0 Å². The third kappa shape index (κ3) is 2.28. The Morgan fingerprint density at radius 1 is 1.28 bits per heavy atom. The summed E-state index contributed by atoms with van der Waals surface area (Å²) in [4.78, 5) is 0. The smallest absolute Gasteiger partial charge is 0.0754 e. The molecule has 1 atom stereocenters. The first-order valence-corrected chi connectivity index (χ1v) is 6.76. The third-order valence-corrected chi connectivity index (χ3v) is 3.75. The molecular weight excluding hydrogens is 224 g/mol. The first-order valence-electron chi connectivity index (χ1n) is 6.76. The molecule has 0 radical (unpaired) electrons. The van der Waals surface area contributed by atoms with Gasteiger partial charge in [-0.2, -0.15) is 0 Å². The fraction of sp³-hybridized carbons (Fsp3) is 0.467. The van der Waals surface area contributed by atoms with E-state index < -0.39 is 0 Å². The summed E-state index contributed by atoms with van der Waals surface area (Å²) in [5.74, 6) is 0. The van der Waals surface area contributed by atoms with E-state index in [1.165, 1.54) is 35.7 Å². The zero-order chi connectivity index (χ0) is 12.4. The molecule has 1 aliphatic rings. The van der Waals surface area contributed by atoms with Gasteiger partial charge in [-0.15, -0.1) is 0 Å². The summed E-state index contributed by atoms with van der Waals surface area (Å²) in [6.07, 6.45) is 6.20. The number of nitrogens with zero attached hydrogens (tertiary/aromatic N) is 1. The first kappa shape index (κ1) is 11.8. The van der Waals surface area contributed by atoms with E-state index >= 15 is 0 Å². The molecule has 1 saturated heterocycles. The van der Waals surface area contributed by atoms with Gasteiger partial charge < -0.3 is 15.0 Å². The highest BCUT2D eigenvalue weighted by Gasteiger charge is 2.15. The lowest BCUT2D eigenvalue weighted by molar-refractivity contribution is 0.00670. The summed E-state index contributed by atoms with van der Waals surface area (Å²) in [7, 11) is 0. The minimum absolute atomic E-state index is 0.371. The van der Waals surface area contributed by atoms with Crippen LogP contribution in [0.15, 0.2) is 30.5 Å². The Morgan fingerprint density at radius 2 is 2.22 bits per heavy atom. The fourth-order valence-corrected chi connectivity index (χ4v) is 2.69. The Balaban J connectivity index is 1.86. The third-order valence-electron chi connectivity index (χ3n) is 3.75. The van der Waals surface area contributed by atoms with Crippen molar-refractivity contribution in [2.45, 2.75) is 38.5 Å². The highest BCUT2D eigenvalue weighted by atomic mass is 16.5. The Morgan fingerprint density at radius 3 is 3.00 bits per heavy atom. The van der Waals surface area contributed by atoms with E-state index in [1.807, 2.05) is 0 Å². The summed E-state index contributed by atoms with van der Waals surface area (Å²) in [5.41, 5.74) is 8.17. The van der Waals surface area contributed by atoms with Crippen LogP contribution in [0.5, 0.6) is 0 Å². The van der Waals surface area contributed by atoms with E-state index in [4.69, 9.17) is 10.5 Å². The van der Waals surface area contributed by atoms with Gasteiger partial charge in [-0.1, -0.05) is 12.1 Å². The molecule has 0 aliphatic carbocycles. The van der Waals surface area contributed by atoms with Crippen molar-refractivity contribution >= 4 is 10.9 Å². The van der Waals surface area contributed by atoms with Crippen LogP contribution in [0.3, 0.4) is 0 Å². The van der Waals surface area contributed by atoms with Crippen molar-refractivity contribution < 1.29 is 4.74 Å². The Kier molecular flexibility index (Phi) is 3.35. The van der Waals surface area contributed by atoms with Gasteiger partial charge in [0.05, 0.1) is 6.10 Å². The van der Waals surface area contributed by atoms with Crippen LogP contribution in [0.1, 0.15) is 24.8 Å². The predicted octanol–water partition coefficient (Wildman–Crippen LogP) is 2.67. The molecule has 1 aliphatic heterocycles. The van der Waals surface area contributed by atoms with Crippen LogP contribution in [0.4, 0.5) is 0 Å². The van der Waals surface area contributed by atoms with E-state index in [9.17, 15) is 0 Å². The zero-order valence-electron chi connectivity index (χ0n) is 10.6. The number of hydrogen-bond acceptors (Lipinski definition) is 2. The summed E-state index contributed by atoms with van der Waals surface area (Å²) in [6, 6.07) is 8.61. The number of benzene rings is 1. The SMILES string of the molecule is NCc1ccc2ccn(CC3CCCCO3)c2c1. The normalized spacial score (nSPS) is 20.4. The summed E-state index contributed by atoms with van der Waals surface area (Å²) >= 11 is 0. The van der Waals surface area contributed by atoms with Crippen LogP contribution in [0, 0.1) is 0 Å². The van der Waals surface area contributed by atoms with E-state index in [2.05, 4.69) is 35.0 Å². The molecule has 0 saturated carbocycles. The quantitative estimate of drug-likeness (QED) is 0.901. The molecule has 3 nitrogen and oxygen atoms in total. The van der Waals surface area contributed by atoms with Crippen LogP contribution in [0.2, 0.25) is 0 Å². The van der Waals surface area contributed by atoms with Crippen molar-refractivity contribution in [1.29, 1.82) is 0 Å². The number of ether oxygens (including phenoxy) is 1. The maximum Gasteiger partial charge on any atom is 0.0754 e. The topological polar surface area (TPSA) is 40.2 Å². The number of nitrogens with two attached hydrogens (primary N) is 1. The molecule has 96 valence electrons. The van der Waals surface area contributed by atoms with Crippen molar-refractivity contribution in [1.82, 2.24) is 4.57 Å². The molecule has 3 heteroatoms. The van der Waals surface area contributed by atoms with E-state index in [-0.39, 0.29) is 0 Å². The molecule has 2 heterocycles. The molecule has 1 fully saturated rings. The largest absolute Gasteiger partial charge is 0.376 e. The summed E-state index contributed by atoms with van der Waals surface area (Å²) < 4.78 is 8.11. The highest BCUT2D eigenvalue weighted by Crippen LogP contribution is 2.21. The van der Waals surface area contributed by atoms with Crippen molar-refractivity contribution in [2.75, 3.05) is 6.61 Å². The maximum atomic E-state index is 5.81.